The van der Waals surface area contributed by atoms with Crippen LogP contribution in [0.15, 0.2) is 42.5 Å². The molecule has 0 saturated heterocycles. The van der Waals surface area contributed by atoms with E-state index >= 15 is 0 Å². The summed E-state index contributed by atoms with van der Waals surface area (Å²) >= 11 is 5.88. The van der Waals surface area contributed by atoms with Crippen molar-refractivity contribution in [3.05, 3.63) is 53.1 Å². The largest absolute Gasteiger partial charge is 0.493 e. The molecule has 2 rings (SSSR count). The van der Waals surface area contributed by atoms with Crippen molar-refractivity contribution >= 4 is 11.6 Å². The maximum absolute atomic E-state index is 8.99. The van der Waals surface area contributed by atoms with E-state index in [-0.39, 0.29) is 0 Å². The predicted molar refractivity (Wildman–Crippen MR) is 80.2 cm³/mol. The van der Waals surface area contributed by atoms with Gasteiger partial charge in [0.15, 0.2) is 11.5 Å². The molecule has 4 nitrogen and oxygen atoms in total. The first-order valence-corrected chi connectivity index (χ1v) is 6.70. The van der Waals surface area contributed by atoms with E-state index in [1.54, 1.807) is 25.3 Å². The molecular formula is C16H14ClNO3. The van der Waals surface area contributed by atoms with E-state index in [0.29, 0.717) is 41.0 Å². The lowest BCUT2D eigenvalue weighted by Gasteiger charge is -2.11. The molecule has 0 amide bonds. The number of hydrogen-bond donors (Lipinski definition) is 0. The third-order valence-electron chi connectivity index (χ3n) is 2.73. The zero-order chi connectivity index (χ0) is 15.1. The number of para-hydroxylation sites is 2. The van der Waals surface area contributed by atoms with E-state index in [4.69, 9.17) is 31.1 Å². The molecule has 0 aliphatic carbocycles. The number of ether oxygens (including phenoxy) is 3. The summed E-state index contributed by atoms with van der Waals surface area (Å²) in [5, 5.41) is 9.51. The van der Waals surface area contributed by atoms with Crippen LogP contribution in [0.3, 0.4) is 0 Å². The lowest BCUT2D eigenvalue weighted by atomic mass is 10.2. The standard InChI is InChI=1S/C16H14ClNO3/c1-19-14-4-2-3-5-15(14)20-8-9-21-16-10-13(17)7-6-12(16)11-18/h2-7,10H,8-9H2,1H3. The third kappa shape index (κ3) is 4.04. The summed E-state index contributed by atoms with van der Waals surface area (Å²) in [5.41, 5.74) is 0.441. The fourth-order valence-electron chi connectivity index (χ4n) is 1.75. The highest BCUT2D eigenvalue weighted by Crippen LogP contribution is 2.26. The highest BCUT2D eigenvalue weighted by atomic mass is 35.5. The second-order valence-electron chi connectivity index (χ2n) is 4.10. The number of benzene rings is 2. The second kappa shape index (κ2) is 7.41. The quantitative estimate of drug-likeness (QED) is 0.764. The molecule has 0 aromatic heterocycles. The average Bonchev–Trinajstić information content (AvgIpc) is 2.52. The maximum atomic E-state index is 8.99. The molecule has 0 aliphatic heterocycles. The van der Waals surface area contributed by atoms with E-state index in [1.807, 2.05) is 24.3 Å². The van der Waals surface area contributed by atoms with Gasteiger partial charge in [-0.05, 0) is 24.3 Å². The summed E-state index contributed by atoms with van der Waals surface area (Å²) in [7, 11) is 1.59. The van der Waals surface area contributed by atoms with Gasteiger partial charge in [-0.25, -0.2) is 0 Å². The van der Waals surface area contributed by atoms with Crippen LogP contribution < -0.4 is 14.2 Å². The number of nitriles is 1. The minimum Gasteiger partial charge on any atom is -0.493 e. The Hall–Kier alpha value is -2.38. The zero-order valence-electron chi connectivity index (χ0n) is 11.5. The Kier molecular flexibility index (Phi) is 5.30. The van der Waals surface area contributed by atoms with E-state index < -0.39 is 0 Å². The Morgan fingerprint density at radius 1 is 1.00 bits per heavy atom. The lowest BCUT2D eigenvalue weighted by Crippen LogP contribution is -2.10. The topological polar surface area (TPSA) is 51.5 Å². The number of rotatable bonds is 6. The molecule has 0 spiro atoms. The van der Waals surface area contributed by atoms with Crippen LogP contribution in [0.1, 0.15) is 5.56 Å². The van der Waals surface area contributed by atoms with Crippen LogP contribution in [-0.4, -0.2) is 20.3 Å². The molecule has 0 fully saturated rings. The first-order chi connectivity index (χ1) is 10.2. The molecule has 0 bridgehead atoms. The zero-order valence-corrected chi connectivity index (χ0v) is 12.3. The third-order valence-corrected chi connectivity index (χ3v) is 2.97. The van der Waals surface area contributed by atoms with Gasteiger partial charge < -0.3 is 14.2 Å². The Morgan fingerprint density at radius 2 is 1.67 bits per heavy atom. The number of halogens is 1. The van der Waals surface area contributed by atoms with Crippen LogP contribution in [-0.2, 0) is 0 Å². The summed E-state index contributed by atoms with van der Waals surface area (Å²) in [6.07, 6.45) is 0. The minimum atomic E-state index is 0.299. The van der Waals surface area contributed by atoms with Crippen molar-refractivity contribution in [3.8, 4) is 23.3 Å². The molecule has 2 aromatic carbocycles. The first-order valence-electron chi connectivity index (χ1n) is 6.33. The Labute approximate surface area is 128 Å². The van der Waals surface area contributed by atoms with Gasteiger partial charge in [0.1, 0.15) is 25.0 Å². The van der Waals surface area contributed by atoms with Gasteiger partial charge in [-0.15, -0.1) is 0 Å². The molecule has 0 unspecified atom stereocenters. The van der Waals surface area contributed by atoms with Gasteiger partial charge in [-0.3, -0.25) is 0 Å². The van der Waals surface area contributed by atoms with Crippen LogP contribution in [0.4, 0.5) is 0 Å². The van der Waals surface area contributed by atoms with Crippen molar-refractivity contribution in [1.29, 1.82) is 5.26 Å². The van der Waals surface area contributed by atoms with Gasteiger partial charge in [0.2, 0.25) is 0 Å². The molecule has 0 heterocycles. The van der Waals surface area contributed by atoms with Crippen molar-refractivity contribution in [3.63, 3.8) is 0 Å². The van der Waals surface area contributed by atoms with Gasteiger partial charge in [0.05, 0.1) is 12.7 Å². The van der Waals surface area contributed by atoms with Crippen LogP contribution >= 0.6 is 11.6 Å². The molecule has 0 radical (unpaired) electrons. The van der Waals surface area contributed by atoms with E-state index in [0.717, 1.165) is 0 Å². The van der Waals surface area contributed by atoms with Crippen LogP contribution in [0.2, 0.25) is 5.02 Å². The van der Waals surface area contributed by atoms with Crippen LogP contribution in [0, 0.1) is 11.3 Å². The normalized spacial score (nSPS) is 9.76. The Balaban J connectivity index is 1.91. The molecule has 0 atom stereocenters. The molecule has 0 saturated carbocycles. The summed E-state index contributed by atoms with van der Waals surface area (Å²) in [6.45, 7) is 0.630. The van der Waals surface area contributed by atoms with Gasteiger partial charge in [-0.1, -0.05) is 23.7 Å². The summed E-state index contributed by atoms with van der Waals surface area (Å²) in [6, 6.07) is 14.3. The number of methoxy groups -OCH3 is 1. The summed E-state index contributed by atoms with van der Waals surface area (Å²) < 4.78 is 16.3. The smallest absolute Gasteiger partial charge is 0.161 e. The fraction of sp³-hybridized carbons (Fsp3) is 0.188. The molecule has 2 aromatic rings. The molecule has 0 N–H and O–H groups in total. The van der Waals surface area contributed by atoms with Crippen molar-refractivity contribution in [2.24, 2.45) is 0 Å². The monoisotopic (exact) mass is 303 g/mol. The highest BCUT2D eigenvalue weighted by Gasteiger charge is 2.05. The van der Waals surface area contributed by atoms with Gasteiger partial charge >= 0.3 is 0 Å². The Morgan fingerprint density at radius 3 is 2.33 bits per heavy atom. The van der Waals surface area contributed by atoms with Crippen molar-refractivity contribution in [2.75, 3.05) is 20.3 Å². The number of hydrogen-bond acceptors (Lipinski definition) is 4. The van der Waals surface area contributed by atoms with E-state index in [9.17, 15) is 0 Å². The first kappa shape index (κ1) is 15.0. The van der Waals surface area contributed by atoms with Gasteiger partial charge in [0.25, 0.3) is 0 Å². The summed E-state index contributed by atoms with van der Waals surface area (Å²) in [5.74, 6) is 1.77. The molecular weight excluding hydrogens is 290 g/mol. The van der Waals surface area contributed by atoms with Crippen molar-refractivity contribution < 1.29 is 14.2 Å². The molecule has 0 aliphatic rings. The second-order valence-corrected chi connectivity index (χ2v) is 4.54. The lowest BCUT2D eigenvalue weighted by molar-refractivity contribution is 0.211. The van der Waals surface area contributed by atoms with Crippen LogP contribution in [0.25, 0.3) is 0 Å². The molecule has 21 heavy (non-hydrogen) atoms. The SMILES string of the molecule is COc1ccccc1OCCOc1cc(Cl)ccc1C#N. The van der Waals surface area contributed by atoms with Crippen molar-refractivity contribution in [1.82, 2.24) is 0 Å². The maximum Gasteiger partial charge on any atom is 0.161 e. The molecule has 108 valence electrons. The van der Waals surface area contributed by atoms with E-state index in [2.05, 4.69) is 6.07 Å². The highest BCUT2D eigenvalue weighted by molar-refractivity contribution is 6.30. The van der Waals surface area contributed by atoms with Gasteiger partial charge in [0, 0.05) is 11.1 Å². The van der Waals surface area contributed by atoms with Gasteiger partial charge in [-0.2, -0.15) is 5.26 Å². The van der Waals surface area contributed by atoms with Crippen molar-refractivity contribution in [2.45, 2.75) is 0 Å². The minimum absolute atomic E-state index is 0.299. The predicted octanol–water partition coefficient (Wildman–Crippen LogP) is 3.68. The average molecular weight is 304 g/mol. The van der Waals surface area contributed by atoms with E-state index in [1.165, 1.54) is 0 Å². The number of nitrogens with zero attached hydrogens (tertiary/aromatic N) is 1. The molecule has 5 heteroatoms. The summed E-state index contributed by atoms with van der Waals surface area (Å²) in [4.78, 5) is 0. The Bertz CT molecular complexity index is 652. The van der Waals surface area contributed by atoms with Crippen LogP contribution in [0.5, 0.6) is 17.2 Å². The fourth-order valence-corrected chi connectivity index (χ4v) is 1.91.